The van der Waals surface area contributed by atoms with Gasteiger partial charge < -0.3 is 31.1 Å². The fourth-order valence-corrected chi connectivity index (χ4v) is 4.53. The fraction of sp³-hybridized carbons (Fsp3) is 0.286. The second-order valence-electron chi connectivity index (χ2n) is 9.63. The Balaban J connectivity index is 1.55. The number of rotatable bonds is 10. The van der Waals surface area contributed by atoms with Gasteiger partial charge in [0, 0.05) is 34.3 Å². The molecular formula is C28H31N5O5. The van der Waals surface area contributed by atoms with Gasteiger partial charge in [-0.3, -0.25) is 19.2 Å². The van der Waals surface area contributed by atoms with Gasteiger partial charge in [-0.05, 0) is 42.2 Å². The van der Waals surface area contributed by atoms with Crippen LogP contribution in [0.1, 0.15) is 36.3 Å². The van der Waals surface area contributed by atoms with E-state index >= 15 is 0 Å². The average molecular weight is 518 g/mol. The van der Waals surface area contributed by atoms with E-state index in [2.05, 4.69) is 20.6 Å². The number of aromatic nitrogens is 2. The molecule has 0 spiro atoms. The Labute approximate surface area is 218 Å². The van der Waals surface area contributed by atoms with Crippen LogP contribution < -0.4 is 26.7 Å². The standard InChI is InChI=1S/C28H31N5O5/c1-15(2)11-22(33-28(37)23-14-18-20(30-23)9-6-10-24(18)38-3)27(36)32-21(26(29)35)12-16-13-25(34)31-19-8-5-4-7-17(16)19/h4-10,13-15,21-22,30H,11-12H2,1-3H3,(H2,29,35)(H,31,34)(H,32,36)(H,33,37)/t21?,22-/m0/s1. The van der Waals surface area contributed by atoms with Crippen LogP contribution in [0, 0.1) is 5.92 Å². The van der Waals surface area contributed by atoms with Gasteiger partial charge in [-0.25, -0.2) is 0 Å². The molecule has 0 saturated carbocycles. The highest BCUT2D eigenvalue weighted by Crippen LogP contribution is 2.26. The lowest BCUT2D eigenvalue weighted by atomic mass is 9.99. The third-order valence-corrected chi connectivity index (χ3v) is 6.34. The Morgan fingerprint density at radius 2 is 1.63 bits per heavy atom. The number of para-hydroxylation sites is 1. The van der Waals surface area contributed by atoms with Gasteiger partial charge in [0.2, 0.25) is 17.4 Å². The zero-order valence-electron chi connectivity index (χ0n) is 21.5. The summed E-state index contributed by atoms with van der Waals surface area (Å²) >= 11 is 0. The second kappa shape index (κ2) is 11.2. The van der Waals surface area contributed by atoms with E-state index in [0.717, 1.165) is 16.3 Å². The van der Waals surface area contributed by atoms with Gasteiger partial charge in [0.25, 0.3) is 5.91 Å². The number of hydrogen-bond acceptors (Lipinski definition) is 5. The van der Waals surface area contributed by atoms with Crippen molar-refractivity contribution in [3.05, 3.63) is 76.2 Å². The van der Waals surface area contributed by atoms with Crippen molar-refractivity contribution in [3.8, 4) is 5.75 Å². The van der Waals surface area contributed by atoms with Crippen LogP contribution in [0.2, 0.25) is 0 Å². The third kappa shape index (κ3) is 5.86. The van der Waals surface area contributed by atoms with Crippen LogP contribution >= 0.6 is 0 Å². The molecule has 3 amide bonds. The molecule has 38 heavy (non-hydrogen) atoms. The van der Waals surface area contributed by atoms with E-state index < -0.39 is 29.8 Å². The molecule has 0 aliphatic heterocycles. The first-order valence-corrected chi connectivity index (χ1v) is 12.3. The van der Waals surface area contributed by atoms with Crippen LogP contribution in [0.25, 0.3) is 21.8 Å². The molecule has 4 aromatic rings. The van der Waals surface area contributed by atoms with Crippen LogP contribution in [0.5, 0.6) is 5.75 Å². The highest BCUT2D eigenvalue weighted by atomic mass is 16.5. The molecule has 10 heteroatoms. The molecule has 198 valence electrons. The van der Waals surface area contributed by atoms with E-state index in [1.54, 1.807) is 31.4 Å². The minimum Gasteiger partial charge on any atom is -0.496 e. The Bertz CT molecular complexity index is 1550. The van der Waals surface area contributed by atoms with Gasteiger partial charge in [-0.2, -0.15) is 0 Å². The number of amides is 3. The molecule has 2 aromatic carbocycles. The van der Waals surface area contributed by atoms with Crippen LogP contribution in [0.3, 0.4) is 0 Å². The van der Waals surface area contributed by atoms with E-state index in [1.807, 2.05) is 38.1 Å². The molecule has 4 rings (SSSR count). The number of H-pyrrole nitrogens is 2. The zero-order valence-corrected chi connectivity index (χ0v) is 21.5. The van der Waals surface area contributed by atoms with Crippen molar-refractivity contribution in [2.75, 3.05) is 7.11 Å². The molecular weight excluding hydrogens is 486 g/mol. The minimum absolute atomic E-state index is 0.0235. The smallest absolute Gasteiger partial charge is 0.268 e. The van der Waals surface area contributed by atoms with Crippen molar-refractivity contribution in [2.24, 2.45) is 11.7 Å². The molecule has 0 saturated heterocycles. The molecule has 1 unspecified atom stereocenters. The summed E-state index contributed by atoms with van der Waals surface area (Å²) in [6.45, 7) is 3.85. The van der Waals surface area contributed by atoms with Gasteiger partial charge in [0.1, 0.15) is 23.5 Å². The number of primary amides is 1. The topological polar surface area (TPSA) is 159 Å². The predicted octanol–water partition coefficient (Wildman–Crippen LogP) is 2.38. The summed E-state index contributed by atoms with van der Waals surface area (Å²) in [5, 5.41) is 6.95. The maximum Gasteiger partial charge on any atom is 0.268 e. The molecule has 0 aliphatic carbocycles. The fourth-order valence-electron chi connectivity index (χ4n) is 4.53. The van der Waals surface area contributed by atoms with Crippen LogP contribution in [-0.4, -0.2) is 46.9 Å². The van der Waals surface area contributed by atoms with Crippen molar-refractivity contribution in [1.29, 1.82) is 0 Å². The Hall–Kier alpha value is -4.60. The predicted molar refractivity (Wildman–Crippen MR) is 145 cm³/mol. The van der Waals surface area contributed by atoms with Crippen LogP contribution in [-0.2, 0) is 16.0 Å². The van der Waals surface area contributed by atoms with Gasteiger partial charge in [0.15, 0.2) is 0 Å². The van der Waals surface area contributed by atoms with E-state index in [4.69, 9.17) is 10.5 Å². The van der Waals surface area contributed by atoms with Crippen molar-refractivity contribution < 1.29 is 19.1 Å². The molecule has 2 aromatic heterocycles. The summed E-state index contributed by atoms with van der Waals surface area (Å²) in [6, 6.07) is 13.6. The van der Waals surface area contributed by atoms with E-state index in [-0.39, 0.29) is 23.6 Å². The Morgan fingerprint density at radius 1 is 0.921 bits per heavy atom. The Kier molecular flexibility index (Phi) is 7.80. The molecule has 0 radical (unpaired) electrons. The Morgan fingerprint density at radius 3 is 2.34 bits per heavy atom. The number of aromatic amines is 2. The van der Waals surface area contributed by atoms with Crippen molar-refractivity contribution >= 4 is 39.5 Å². The highest BCUT2D eigenvalue weighted by molar-refractivity contribution is 6.01. The van der Waals surface area contributed by atoms with Crippen molar-refractivity contribution in [2.45, 2.75) is 38.8 Å². The third-order valence-electron chi connectivity index (χ3n) is 6.34. The first-order chi connectivity index (χ1) is 18.2. The summed E-state index contributed by atoms with van der Waals surface area (Å²) in [7, 11) is 1.55. The number of ether oxygens (including phenoxy) is 1. The molecule has 0 fully saturated rings. The molecule has 0 aliphatic rings. The summed E-state index contributed by atoms with van der Waals surface area (Å²) < 4.78 is 5.36. The number of nitrogens with two attached hydrogens (primary N) is 1. The first-order valence-electron chi connectivity index (χ1n) is 12.3. The first kappa shape index (κ1) is 26.5. The van der Waals surface area contributed by atoms with E-state index in [0.29, 0.717) is 23.3 Å². The number of carbonyl (C=O) groups is 3. The van der Waals surface area contributed by atoms with E-state index in [9.17, 15) is 19.2 Å². The monoisotopic (exact) mass is 517 g/mol. The van der Waals surface area contributed by atoms with Crippen molar-refractivity contribution in [1.82, 2.24) is 20.6 Å². The number of benzene rings is 2. The largest absolute Gasteiger partial charge is 0.496 e. The second-order valence-corrected chi connectivity index (χ2v) is 9.63. The van der Waals surface area contributed by atoms with Gasteiger partial charge in [-0.15, -0.1) is 0 Å². The molecule has 10 nitrogen and oxygen atoms in total. The van der Waals surface area contributed by atoms with E-state index in [1.165, 1.54) is 6.07 Å². The number of hydrogen-bond donors (Lipinski definition) is 5. The molecule has 2 atom stereocenters. The maximum atomic E-state index is 13.3. The number of fused-ring (bicyclic) bond motifs is 2. The summed E-state index contributed by atoms with van der Waals surface area (Å²) in [6.07, 6.45) is 0.357. The van der Waals surface area contributed by atoms with Gasteiger partial charge in [0.05, 0.1) is 7.11 Å². The normalized spacial score (nSPS) is 12.8. The number of pyridine rings is 1. The molecule has 6 N–H and O–H groups in total. The zero-order chi connectivity index (χ0) is 27.4. The number of methoxy groups -OCH3 is 1. The SMILES string of the molecule is COc1cccc2[nH]c(C(=O)N[C@@H](CC(C)C)C(=O)NC(Cc3cc(=O)[nH]c4ccccc34)C(N)=O)cc12. The summed E-state index contributed by atoms with van der Waals surface area (Å²) in [4.78, 5) is 56.7. The summed E-state index contributed by atoms with van der Waals surface area (Å²) in [5.74, 6) is -1.08. The van der Waals surface area contributed by atoms with Crippen molar-refractivity contribution in [3.63, 3.8) is 0 Å². The number of nitrogens with one attached hydrogen (secondary N) is 4. The summed E-state index contributed by atoms with van der Waals surface area (Å²) in [5.41, 5.74) is 7.49. The molecule has 0 bridgehead atoms. The lowest BCUT2D eigenvalue weighted by Crippen LogP contribution is -2.54. The quantitative estimate of drug-likeness (QED) is 0.218. The van der Waals surface area contributed by atoms with Gasteiger partial charge in [-0.1, -0.05) is 38.1 Å². The highest BCUT2D eigenvalue weighted by Gasteiger charge is 2.28. The maximum absolute atomic E-state index is 13.3. The van der Waals surface area contributed by atoms with Gasteiger partial charge >= 0.3 is 0 Å². The number of carbonyl (C=O) groups excluding carboxylic acids is 3. The lowest BCUT2D eigenvalue weighted by Gasteiger charge is -2.23. The minimum atomic E-state index is -1.09. The average Bonchev–Trinajstić information content (AvgIpc) is 3.32. The lowest BCUT2D eigenvalue weighted by molar-refractivity contribution is -0.128. The van der Waals surface area contributed by atoms with Crippen LogP contribution in [0.4, 0.5) is 0 Å². The van der Waals surface area contributed by atoms with Crippen LogP contribution in [0.15, 0.2) is 59.4 Å². The molecule has 2 heterocycles.